The second-order valence-electron chi connectivity index (χ2n) is 7.46. The number of hydrogen-bond donors (Lipinski definition) is 0. The molecule has 1 fully saturated rings. The highest BCUT2D eigenvalue weighted by atomic mass is 16.8. The van der Waals surface area contributed by atoms with Gasteiger partial charge >= 0.3 is 5.69 Å². The largest absolute Gasteiger partial charge is 0.342 e. The maximum Gasteiger partial charge on any atom is 0.338 e. The molecule has 7 nitrogen and oxygen atoms in total. The standard InChI is InChI=1S/C21H22N2O5/c1-4-13-12-15(18-17(13)27-21(2,3)28-18)22-11-10-16(24)23(20(22)26)19(25)14-8-6-5-7-9-14/h5-12,15,17-18H,4H2,1-3H3/t15-,17-,18+/m1/s1. The summed E-state index contributed by atoms with van der Waals surface area (Å²) >= 11 is 0. The second-order valence-corrected chi connectivity index (χ2v) is 7.46. The first-order valence-corrected chi connectivity index (χ1v) is 9.32. The predicted octanol–water partition coefficient (Wildman–Crippen LogP) is 2.11. The maximum atomic E-state index is 13.1. The van der Waals surface area contributed by atoms with Crippen molar-refractivity contribution in [2.45, 2.75) is 51.2 Å². The van der Waals surface area contributed by atoms with Gasteiger partial charge in [0.05, 0.1) is 6.04 Å². The third kappa shape index (κ3) is 2.96. The fourth-order valence-corrected chi connectivity index (χ4v) is 3.91. The molecule has 1 aromatic carbocycles. The van der Waals surface area contributed by atoms with Crippen LogP contribution in [0.1, 0.15) is 43.6 Å². The van der Waals surface area contributed by atoms with Gasteiger partial charge in [-0.15, -0.1) is 0 Å². The highest BCUT2D eigenvalue weighted by Gasteiger charge is 2.50. The van der Waals surface area contributed by atoms with E-state index in [4.69, 9.17) is 9.47 Å². The number of ether oxygens (including phenoxy) is 2. The van der Waals surface area contributed by atoms with E-state index in [1.165, 1.54) is 16.8 Å². The Morgan fingerprint density at radius 2 is 1.82 bits per heavy atom. The van der Waals surface area contributed by atoms with Gasteiger partial charge in [-0.1, -0.05) is 31.2 Å². The van der Waals surface area contributed by atoms with Crippen LogP contribution in [0.3, 0.4) is 0 Å². The average molecular weight is 382 g/mol. The van der Waals surface area contributed by atoms with Gasteiger partial charge in [-0.3, -0.25) is 14.2 Å². The molecule has 2 aromatic rings. The molecule has 2 aliphatic rings. The van der Waals surface area contributed by atoms with E-state index in [0.29, 0.717) is 4.57 Å². The summed E-state index contributed by atoms with van der Waals surface area (Å²) in [4.78, 5) is 38.2. The number of fused-ring (bicyclic) bond motifs is 1. The van der Waals surface area contributed by atoms with Crippen molar-refractivity contribution in [3.05, 3.63) is 80.6 Å². The molecule has 4 rings (SSSR count). The molecule has 0 saturated carbocycles. The van der Waals surface area contributed by atoms with Crippen molar-refractivity contribution in [3.8, 4) is 0 Å². The van der Waals surface area contributed by atoms with Crippen molar-refractivity contribution < 1.29 is 14.3 Å². The van der Waals surface area contributed by atoms with Crippen molar-refractivity contribution in [2.24, 2.45) is 0 Å². The molecule has 0 bridgehead atoms. The molecule has 1 aliphatic heterocycles. The molecule has 0 amide bonds. The highest BCUT2D eigenvalue weighted by Crippen LogP contribution is 2.43. The van der Waals surface area contributed by atoms with Crippen LogP contribution in [0.5, 0.6) is 0 Å². The molecule has 0 radical (unpaired) electrons. The summed E-state index contributed by atoms with van der Waals surface area (Å²) in [7, 11) is 0. The van der Waals surface area contributed by atoms with Crippen LogP contribution in [0, 0.1) is 0 Å². The van der Waals surface area contributed by atoms with Crippen molar-refractivity contribution in [3.63, 3.8) is 0 Å². The normalized spacial score (nSPS) is 25.4. The average Bonchev–Trinajstić information content (AvgIpc) is 3.15. The number of hydrogen-bond acceptors (Lipinski definition) is 5. The number of carbonyl (C=O) groups excluding carboxylic acids is 1. The van der Waals surface area contributed by atoms with Crippen LogP contribution < -0.4 is 11.2 Å². The van der Waals surface area contributed by atoms with E-state index in [9.17, 15) is 14.4 Å². The number of aromatic nitrogens is 2. The zero-order valence-corrected chi connectivity index (χ0v) is 16.0. The van der Waals surface area contributed by atoms with E-state index in [0.717, 1.165) is 12.0 Å². The van der Waals surface area contributed by atoms with Gasteiger partial charge in [0.25, 0.3) is 11.5 Å². The quantitative estimate of drug-likeness (QED) is 0.760. The van der Waals surface area contributed by atoms with Gasteiger partial charge in [0.15, 0.2) is 5.79 Å². The van der Waals surface area contributed by atoms with Crippen LogP contribution in [0.15, 0.2) is 63.8 Å². The van der Waals surface area contributed by atoms with E-state index in [1.54, 1.807) is 30.3 Å². The molecule has 7 heteroatoms. The van der Waals surface area contributed by atoms with Gasteiger partial charge in [-0.05, 0) is 38.0 Å². The summed E-state index contributed by atoms with van der Waals surface area (Å²) < 4.78 is 14.1. The van der Waals surface area contributed by atoms with E-state index in [2.05, 4.69) is 0 Å². The molecule has 1 aliphatic carbocycles. The fraction of sp³-hybridized carbons (Fsp3) is 0.381. The Morgan fingerprint density at radius 1 is 1.11 bits per heavy atom. The van der Waals surface area contributed by atoms with E-state index in [-0.39, 0.29) is 17.8 Å². The molecule has 0 unspecified atom stereocenters. The molecule has 1 aromatic heterocycles. The minimum absolute atomic E-state index is 0.248. The highest BCUT2D eigenvalue weighted by molar-refractivity contribution is 5.95. The third-order valence-electron chi connectivity index (χ3n) is 5.18. The molecule has 2 heterocycles. The van der Waals surface area contributed by atoms with Crippen molar-refractivity contribution in [2.75, 3.05) is 0 Å². The van der Waals surface area contributed by atoms with Gasteiger partial charge in [0.2, 0.25) is 0 Å². The summed E-state index contributed by atoms with van der Waals surface area (Å²) in [5.74, 6) is -1.41. The first-order chi connectivity index (χ1) is 13.3. The van der Waals surface area contributed by atoms with Crippen LogP contribution in [0.25, 0.3) is 0 Å². The van der Waals surface area contributed by atoms with E-state index in [1.807, 2.05) is 26.8 Å². The lowest BCUT2D eigenvalue weighted by Crippen LogP contribution is -2.45. The topological polar surface area (TPSA) is 79.5 Å². The van der Waals surface area contributed by atoms with Crippen molar-refractivity contribution in [1.29, 1.82) is 0 Å². The lowest BCUT2D eigenvalue weighted by Gasteiger charge is -2.22. The number of nitrogens with zero attached hydrogens (tertiary/aromatic N) is 2. The van der Waals surface area contributed by atoms with Gasteiger partial charge in [0, 0.05) is 17.8 Å². The fourth-order valence-electron chi connectivity index (χ4n) is 3.91. The Hall–Kier alpha value is -2.77. The minimum atomic E-state index is -0.764. The molecule has 3 atom stereocenters. The molecule has 146 valence electrons. The van der Waals surface area contributed by atoms with E-state index >= 15 is 0 Å². The van der Waals surface area contributed by atoms with Crippen LogP contribution in [-0.2, 0) is 9.47 Å². The zero-order valence-electron chi connectivity index (χ0n) is 16.0. The van der Waals surface area contributed by atoms with Gasteiger partial charge in [0.1, 0.15) is 12.2 Å². The summed E-state index contributed by atoms with van der Waals surface area (Å²) in [5, 5.41) is 0. The smallest absolute Gasteiger partial charge is 0.338 e. The van der Waals surface area contributed by atoms with Gasteiger partial charge in [-0.25, -0.2) is 4.79 Å². The molecule has 28 heavy (non-hydrogen) atoms. The SMILES string of the molecule is CCC1=C[C@@H](n2ccc(=O)n(C(=O)c3ccccc3)c2=O)[C@@H]2OC(C)(C)O[C@H]12. The van der Waals surface area contributed by atoms with E-state index < -0.39 is 29.0 Å². The summed E-state index contributed by atoms with van der Waals surface area (Å²) in [6, 6.07) is 9.05. The number of rotatable bonds is 3. The minimum Gasteiger partial charge on any atom is -0.342 e. The summed E-state index contributed by atoms with van der Waals surface area (Å²) in [5.41, 5.74) is -0.0324. The zero-order chi connectivity index (χ0) is 20.1. The van der Waals surface area contributed by atoms with Crippen LogP contribution in [0.2, 0.25) is 0 Å². The van der Waals surface area contributed by atoms with Crippen molar-refractivity contribution >= 4 is 5.91 Å². The first-order valence-electron chi connectivity index (χ1n) is 9.32. The lowest BCUT2D eigenvalue weighted by molar-refractivity contribution is -0.148. The summed E-state index contributed by atoms with van der Waals surface area (Å²) in [6.45, 7) is 5.68. The monoisotopic (exact) mass is 382 g/mol. The second kappa shape index (κ2) is 6.68. The Balaban J connectivity index is 1.80. The Labute approximate surface area is 161 Å². The molecule has 1 saturated heterocycles. The number of benzene rings is 1. The summed E-state index contributed by atoms with van der Waals surface area (Å²) in [6.07, 6.45) is 3.48. The van der Waals surface area contributed by atoms with Crippen LogP contribution >= 0.6 is 0 Å². The van der Waals surface area contributed by atoms with Gasteiger partial charge in [-0.2, -0.15) is 4.57 Å². The van der Waals surface area contributed by atoms with Crippen LogP contribution in [-0.4, -0.2) is 33.0 Å². The molecule has 0 spiro atoms. The Morgan fingerprint density at radius 3 is 2.50 bits per heavy atom. The van der Waals surface area contributed by atoms with Crippen LogP contribution in [0.4, 0.5) is 0 Å². The van der Waals surface area contributed by atoms with Crippen molar-refractivity contribution in [1.82, 2.24) is 9.13 Å². The molecular formula is C21H22N2O5. The number of carbonyl (C=O) groups is 1. The molecular weight excluding hydrogens is 360 g/mol. The predicted molar refractivity (Wildman–Crippen MR) is 102 cm³/mol. The Kier molecular flexibility index (Phi) is 4.44. The Bertz CT molecular complexity index is 1060. The van der Waals surface area contributed by atoms with Gasteiger partial charge < -0.3 is 9.47 Å². The third-order valence-corrected chi connectivity index (χ3v) is 5.18. The molecule has 0 N–H and O–H groups in total. The maximum absolute atomic E-state index is 13.1. The lowest BCUT2D eigenvalue weighted by atomic mass is 10.1. The first kappa shape index (κ1) is 18.6.